The van der Waals surface area contributed by atoms with Crippen LogP contribution < -0.4 is 15.4 Å². The lowest BCUT2D eigenvalue weighted by Crippen LogP contribution is -2.34. The number of fused-ring (bicyclic) bond motifs is 1. The van der Waals surface area contributed by atoms with E-state index < -0.39 is 123 Å². The van der Waals surface area contributed by atoms with Crippen molar-refractivity contribution in [1.82, 2.24) is 20.1 Å². The number of allylic oxidation sites excluding steroid dienone is 2. The van der Waals surface area contributed by atoms with E-state index in [1.807, 2.05) is 0 Å². The second kappa shape index (κ2) is 19.0. The number of amides is 2. The molecule has 2 amide bonds. The molecule has 3 N–H and O–H groups in total. The molecule has 3 atom stereocenters. The summed E-state index contributed by atoms with van der Waals surface area (Å²) in [4.78, 5) is 34.5. The quantitative estimate of drug-likeness (QED) is 0.0501. The average Bonchev–Trinajstić information content (AvgIpc) is 3.62. The fourth-order valence-corrected chi connectivity index (χ4v) is 8.18. The molecule has 1 saturated carbocycles. The molecule has 0 aliphatic heterocycles. The van der Waals surface area contributed by atoms with Gasteiger partial charge >= 0.3 is 17.7 Å². The molecule has 344 valence electrons. The Hall–Kier alpha value is -4.69. The third-order valence-electron chi connectivity index (χ3n) is 9.64. The zero-order chi connectivity index (χ0) is 47.9. The molecule has 0 spiro atoms. The van der Waals surface area contributed by atoms with Crippen LogP contribution in [0, 0.1) is 29.4 Å². The van der Waals surface area contributed by atoms with E-state index in [0.717, 1.165) is 25.3 Å². The number of thioether (sulfide) groups is 1. The third kappa shape index (κ3) is 11.6. The van der Waals surface area contributed by atoms with Crippen molar-refractivity contribution in [2.24, 2.45) is 16.6 Å². The summed E-state index contributed by atoms with van der Waals surface area (Å²) in [5, 5.41) is 4.40. The van der Waals surface area contributed by atoms with Crippen LogP contribution in [0.25, 0.3) is 22.0 Å². The number of rotatable bonds is 11. The summed E-state index contributed by atoms with van der Waals surface area (Å²) in [5.74, 6) is -3.49. The molecule has 2 aromatic heterocycles. The van der Waals surface area contributed by atoms with E-state index in [0.29, 0.717) is 15.1 Å². The highest BCUT2D eigenvalue weighted by Crippen LogP contribution is 2.45. The molecule has 2 aromatic carbocycles. The van der Waals surface area contributed by atoms with E-state index in [9.17, 15) is 49.3 Å². The van der Waals surface area contributed by atoms with Crippen molar-refractivity contribution in [2.75, 3.05) is 23.4 Å². The second-order valence-electron chi connectivity index (χ2n) is 14.9. The van der Waals surface area contributed by atoms with Crippen molar-refractivity contribution < 1.29 is 58.0 Å². The van der Waals surface area contributed by atoms with Gasteiger partial charge in [0.1, 0.15) is 48.1 Å². The van der Waals surface area contributed by atoms with Crippen LogP contribution in [0.1, 0.15) is 50.2 Å². The molecule has 24 heteroatoms. The Morgan fingerprint density at radius 3 is 2.30 bits per heavy atom. The number of benzene rings is 2. The molecule has 2 unspecified atom stereocenters. The van der Waals surface area contributed by atoms with E-state index in [1.54, 1.807) is 20.1 Å². The summed E-state index contributed by atoms with van der Waals surface area (Å²) < 4.78 is 156. The second-order valence-corrected chi connectivity index (χ2v) is 18.3. The number of anilines is 1. The van der Waals surface area contributed by atoms with Gasteiger partial charge in [-0.05, 0) is 85.9 Å². The van der Waals surface area contributed by atoms with Gasteiger partial charge in [-0.25, -0.2) is 13.8 Å². The standard InChI is InChI=1S/C40H35Cl2F10N7O3S2/c1-19-16-38(45,46)34(29(19)33(53)40(50,51)52)54-17-28(60)56-27(14-20-12-21(43)15-22(44)13-20)31-24(7-6-23(55-31)10-11-37(2,3)63-4)25-8-9-26(41)30-32(25)58(18-39(47,48)49)57-35(30)59(36(42)61)64(5)62/h6-9,12-13,15,19,27H,14,16-18,53H2,1-5H3,(H,56,60)/t19-,27?,64?/m0/s1. The first-order valence-electron chi connectivity index (χ1n) is 18.5. The fraction of sp³-hybridized carbons (Fsp3) is 0.375. The summed E-state index contributed by atoms with van der Waals surface area (Å²) in [6, 6.07) is 5.85. The van der Waals surface area contributed by atoms with Gasteiger partial charge < -0.3 is 15.6 Å². The lowest BCUT2D eigenvalue weighted by atomic mass is 9.93. The molecule has 10 nitrogen and oxygen atoms in total. The van der Waals surface area contributed by atoms with Crippen LogP contribution in [0.3, 0.4) is 0 Å². The monoisotopic (exact) mass is 985 g/mol. The number of hydrogen-bond acceptors (Lipinski definition) is 8. The van der Waals surface area contributed by atoms with Crippen LogP contribution >= 0.6 is 35.0 Å². The lowest BCUT2D eigenvalue weighted by molar-refractivity contribution is -0.141. The maximum Gasteiger partial charge on any atom is 0.431 e. The molecule has 0 saturated heterocycles. The Morgan fingerprint density at radius 1 is 1.11 bits per heavy atom. The SMILES string of the molecule is CSC(C)(C)C#Cc1ccc(-c2ccc(Cl)c3c(N(C(=O)Cl)[S+](C)[O-])nn(CC(F)(F)F)c23)c(C(Cc2cc(F)cc(F)c2)NC(=O)CN=C2C(=C(N)C(F)(F)F)[C@@H](C)CC2(F)F)n1. The zero-order valence-corrected chi connectivity index (χ0v) is 37.1. The smallest absolute Gasteiger partial charge is 0.431 e. The van der Waals surface area contributed by atoms with Crippen molar-refractivity contribution in [3.63, 3.8) is 0 Å². The molecule has 0 bridgehead atoms. The van der Waals surface area contributed by atoms with Gasteiger partial charge in [0.15, 0.2) is 0 Å². The van der Waals surface area contributed by atoms with E-state index in [-0.39, 0.29) is 38.5 Å². The van der Waals surface area contributed by atoms with Crippen molar-refractivity contribution >= 4 is 80.0 Å². The summed E-state index contributed by atoms with van der Waals surface area (Å²) in [7, 11) is 0. The number of carbonyl (C=O) groups is 2. The number of aliphatic imine (C=N–C) groups is 1. The number of nitrogens with two attached hydrogens (primary N) is 1. The van der Waals surface area contributed by atoms with Crippen LogP contribution in [0.5, 0.6) is 0 Å². The number of carbonyl (C=O) groups excluding carboxylic acids is 2. The molecule has 0 radical (unpaired) electrons. The lowest BCUT2D eigenvalue weighted by Gasteiger charge is -2.23. The first-order chi connectivity index (χ1) is 29.5. The molecule has 4 aromatic rings. The van der Waals surface area contributed by atoms with Gasteiger partial charge in [0.05, 0.1) is 43.8 Å². The highest BCUT2D eigenvalue weighted by atomic mass is 35.5. The Morgan fingerprint density at radius 2 is 1.73 bits per heavy atom. The number of alkyl halides is 8. The Kier molecular flexibility index (Phi) is 15.0. The fourth-order valence-electron chi connectivity index (χ4n) is 6.85. The van der Waals surface area contributed by atoms with Crippen LogP contribution in [0.15, 0.2) is 58.7 Å². The highest BCUT2D eigenvalue weighted by molar-refractivity contribution is 8.00. The highest BCUT2D eigenvalue weighted by Gasteiger charge is 2.52. The normalized spacial score (nSPS) is 17.8. The van der Waals surface area contributed by atoms with E-state index in [4.69, 9.17) is 28.9 Å². The van der Waals surface area contributed by atoms with Crippen LogP contribution in [-0.4, -0.2) is 78.4 Å². The Labute approximate surface area is 376 Å². The van der Waals surface area contributed by atoms with Crippen LogP contribution in [-0.2, 0) is 29.1 Å². The molecular weight excluding hydrogens is 952 g/mol. The van der Waals surface area contributed by atoms with Gasteiger partial charge in [-0.15, -0.1) is 16.9 Å². The van der Waals surface area contributed by atoms with E-state index in [1.165, 1.54) is 36.0 Å². The van der Waals surface area contributed by atoms with Gasteiger partial charge in [-0.2, -0.15) is 35.1 Å². The van der Waals surface area contributed by atoms with Crippen molar-refractivity contribution in [3.8, 4) is 23.0 Å². The van der Waals surface area contributed by atoms with Gasteiger partial charge in [-0.3, -0.25) is 19.3 Å². The molecule has 1 fully saturated rings. The zero-order valence-electron chi connectivity index (χ0n) is 33.9. The van der Waals surface area contributed by atoms with E-state index >= 15 is 8.78 Å². The molecular formula is C40H35Cl2F10N7O3S2. The topological polar surface area (TPSA) is 142 Å². The summed E-state index contributed by atoms with van der Waals surface area (Å²) in [6.07, 6.45) is -9.09. The maximum atomic E-state index is 15.1. The van der Waals surface area contributed by atoms with E-state index in [2.05, 4.69) is 32.2 Å². The molecule has 64 heavy (non-hydrogen) atoms. The summed E-state index contributed by atoms with van der Waals surface area (Å²) >= 11 is 11.3. The van der Waals surface area contributed by atoms with Gasteiger partial charge in [0, 0.05) is 29.2 Å². The van der Waals surface area contributed by atoms with Gasteiger partial charge in [-0.1, -0.05) is 34.8 Å². The number of nitrogens with one attached hydrogen (secondary N) is 1. The maximum absolute atomic E-state index is 15.1. The largest absolute Gasteiger partial charge is 0.593 e. The number of pyridine rings is 1. The Bertz CT molecular complexity index is 2590. The number of nitrogens with zero attached hydrogens (tertiary/aromatic N) is 5. The minimum Gasteiger partial charge on any atom is -0.593 e. The third-order valence-corrected chi connectivity index (χ3v) is 12.2. The van der Waals surface area contributed by atoms with Crippen molar-refractivity contribution in [3.05, 3.63) is 87.3 Å². The average molecular weight is 987 g/mol. The minimum absolute atomic E-state index is 0.00207. The summed E-state index contributed by atoms with van der Waals surface area (Å²) in [5.41, 5.74) is -0.0498. The van der Waals surface area contributed by atoms with Gasteiger partial charge in [0.2, 0.25) is 11.7 Å². The number of aromatic nitrogens is 3. The van der Waals surface area contributed by atoms with Gasteiger partial charge in [0.25, 0.3) is 5.92 Å². The van der Waals surface area contributed by atoms with Crippen LogP contribution in [0.2, 0.25) is 5.02 Å². The molecule has 2 heterocycles. The predicted octanol–water partition coefficient (Wildman–Crippen LogP) is 9.84. The number of halogens is 12. The Balaban J connectivity index is 1.81. The van der Waals surface area contributed by atoms with Crippen molar-refractivity contribution in [1.29, 1.82) is 0 Å². The van der Waals surface area contributed by atoms with Crippen molar-refractivity contribution in [2.45, 2.75) is 69.2 Å². The molecule has 1 aliphatic carbocycles. The summed E-state index contributed by atoms with van der Waals surface area (Å²) in [6.45, 7) is 1.59. The first-order valence-corrected chi connectivity index (χ1v) is 22.0. The molecule has 1 aliphatic rings. The minimum atomic E-state index is -5.23. The molecule has 5 rings (SSSR count). The first kappa shape index (κ1) is 50.3. The predicted molar refractivity (Wildman–Crippen MR) is 226 cm³/mol. The van der Waals surface area contributed by atoms with Crippen LogP contribution in [0.4, 0.5) is 54.5 Å². The number of hydrogen-bond donors (Lipinski definition) is 2.